The van der Waals surface area contributed by atoms with Gasteiger partial charge in [-0.05, 0) is 24.3 Å². The minimum absolute atomic E-state index is 0.232. The third-order valence-electron chi connectivity index (χ3n) is 2.37. The molecule has 0 atom stereocenters. The first-order valence-corrected chi connectivity index (χ1v) is 5.63. The maximum Gasteiger partial charge on any atom is 0.255 e. The van der Waals surface area contributed by atoms with Gasteiger partial charge in [0.05, 0.1) is 17.8 Å². The summed E-state index contributed by atoms with van der Waals surface area (Å²) in [6, 6.07) is 8.33. The molecule has 0 radical (unpaired) electrons. The number of anilines is 1. The first kappa shape index (κ1) is 12.4. The van der Waals surface area contributed by atoms with Gasteiger partial charge in [-0.25, -0.2) is 0 Å². The Kier molecular flexibility index (Phi) is 3.79. The van der Waals surface area contributed by atoms with Crippen molar-refractivity contribution in [1.29, 1.82) is 0 Å². The van der Waals surface area contributed by atoms with Gasteiger partial charge in [0.15, 0.2) is 0 Å². The summed E-state index contributed by atoms with van der Waals surface area (Å²) in [7, 11) is 1.56. The fraction of sp³-hybridized carbons (Fsp3) is 0.0769. The van der Waals surface area contributed by atoms with Gasteiger partial charge in [-0.1, -0.05) is 11.6 Å². The number of halogens is 1. The van der Waals surface area contributed by atoms with E-state index in [9.17, 15) is 4.79 Å². The number of carbonyl (C=O) groups excluding carboxylic acids is 1. The number of rotatable bonds is 3. The average molecular weight is 263 g/mol. The van der Waals surface area contributed by atoms with Crippen LogP contribution in [0.25, 0.3) is 0 Å². The van der Waals surface area contributed by atoms with E-state index < -0.39 is 0 Å². The normalized spacial score (nSPS) is 9.89. The van der Waals surface area contributed by atoms with Crippen molar-refractivity contribution in [2.75, 3.05) is 12.4 Å². The molecule has 1 N–H and O–H groups in total. The van der Waals surface area contributed by atoms with Crippen molar-refractivity contribution < 1.29 is 9.53 Å². The zero-order chi connectivity index (χ0) is 13.0. The molecule has 2 rings (SSSR count). The second-order valence-electron chi connectivity index (χ2n) is 3.54. The molecule has 1 heterocycles. The fourth-order valence-corrected chi connectivity index (χ4v) is 1.64. The fourth-order valence-electron chi connectivity index (χ4n) is 1.42. The van der Waals surface area contributed by atoms with Gasteiger partial charge < -0.3 is 10.1 Å². The van der Waals surface area contributed by atoms with E-state index in [2.05, 4.69) is 10.3 Å². The Labute approximate surface area is 110 Å². The van der Waals surface area contributed by atoms with Gasteiger partial charge in [-0.3, -0.25) is 9.78 Å². The minimum Gasteiger partial charge on any atom is -0.497 e. The molecule has 0 unspecified atom stereocenters. The number of nitrogens with one attached hydrogen (secondary N) is 1. The van der Waals surface area contributed by atoms with Crippen molar-refractivity contribution in [3.05, 3.63) is 53.3 Å². The Balaban J connectivity index is 2.17. The molecule has 1 amide bonds. The summed E-state index contributed by atoms with van der Waals surface area (Å²) in [6.07, 6.45) is 3.12. The number of nitrogens with zero attached hydrogens (tertiary/aromatic N) is 1. The summed E-state index contributed by atoms with van der Waals surface area (Å²) in [5, 5.41) is 3.15. The van der Waals surface area contributed by atoms with Crippen LogP contribution in [0.5, 0.6) is 5.75 Å². The minimum atomic E-state index is -0.232. The van der Waals surface area contributed by atoms with Gasteiger partial charge in [-0.15, -0.1) is 0 Å². The molecule has 0 bridgehead atoms. The van der Waals surface area contributed by atoms with E-state index in [1.165, 1.54) is 0 Å². The lowest BCUT2D eigenvalue weighted by Crippen LogP contribution is -2.12. The highest BCUT2D eigenvalue weighted by Gasteiger charge is 2.08. The Bertz CT molecular complexity index is 558. The number of pyridine rings is 1. The van der Waals surface area contributed by atoms with Crippen molar-refractivity contribution in [2.24, 2.45) is 0 Å². The van der Waals surface area contributed by atoms with E-state index in [4.69, 9.17) is 16.3 Å². The smallest absolute Gasteiger partial charge is 0.255 e. The standard InChI is InChI=1S/C13H11ClN2O2/c1-18-10-2-3-12(11(14)8-10)16-13(17)9-4-6-15-7-5-9/h2-8H,1H3,(H,16,17). The molecule has 92 valence electrons. The van der Waals surface area contributed by atoms with Gasteiger partial charge in [0.2, 0.25) is 0 Å². The first-order valence-electron chi connectivity index (χ1n) is 5.25. The molecule has 0 spiro atoms. The number of hydrogen-bond acceptors (Lipinski definition) is 3. The molecular formula is C13H11ClN2O2. The zero-order valence-corrected chi connectivity index (χ0v) is 10.4. The number of amides is 1. The number of methoxy groups -OCH3 is 1. The van der Waals surface area contributed by atoms with Crippen LogP contribution in [-0.4, -0.2) is 18.0 Å². The lowest BCUT2D eigenvalue weighted by atomic mass is 10.2. The number of carbonyl (C=O) groups is 1. The van der Waals surface area contributed by atoms with Crippen LogP contribution in [0.2, 0.25) is 5.02 Å². The summed E-state index contributed by atoms with van der Waals surface area (Å²) < 4.78 is 5.03. The van der Waals surface area contributed by atoms with Gasteiger partial charge in [0.25, 0.3) is 5.91 Å². The van der Waals surface area contributed by atoms with Gasteiger partial charge >= 0.3 is 0 Å². The van der Waals surface area contributed by atoms with Crippen LogP contribution in [0.3, 0.4) is 0 Å². The molecule has 0 aliphatic rings. The van der Waals surface area contributed by atoms with Crippen LogP contribution in [0.4, 0.5) is 5.69 Å². The Hall–Kier alpha value is -2.07. The highest BCUT2D eigenvalue weighted by atomic mass is 35.5. The Morgan fingerprint density at radius 3 is 2.61 bits per heavy atom. The molecule has 0 saturated heterocycles. The summed E-state index contributed by atoms with van der Waals surface area (Å²) in [6.45, 7) is 0. The van der Waals surface area contributed by atoms with Gasteiger partial charge in [-0.2, -0.15) is 0 Å². The summed E-state index contributed by atoms with van der Waals surface area (Å²) in [5.41, 5.74) is 1.07. The van der Waals surface area contributed by atoms with Crippen molar-refractivity contribution in [3.8, 4) is 5.75 Å². The third kappa shape index (κ3) is 2.78. The highest BCUT2D eigenvalue weighted by Crippen LogP contribution is 2.26. The van der Waals surface area contributed by atoms with E-state index in [1.54, 1.807) is 49.8 Å². The lowest BCUT2D eigenvalue weighted by Gasteiger charge is -2.08. The van der Waals surface area contributed by atoms with Crippen LogP contribution in [-0.2, 0) is 0 Å². The zero-order valence-electron chi connectivity index (χ0n) is 9.68. The first-order chi connectivity index (χ1) is 8.70. The SMILES string of the molecule is COc1ccc(NC(=O)c2ccncc2)c(Cl)c1. The number of benzene rings is 1. The van der Waals surface area contributed by atoms with Gasteiger partial charge in [0, 0.05) is 24.0 Å². The molecule has 18 heavy (non-hydrogen) atoms. The van der Waals surface area contributed by atoms with Crippen LogP contribution in [0, 0.1) is 0 Å². The van der Waals surface area contributed by atoms with E-state index in [0.717, 1.165) is 0 Å². The molecule has 5 heteroatoms. The molecule has 0 fully saturated rings. The van der Waals surface area contributed by atoms with E-state index in [0.29, 0.717) is 22.0 Å². The topological polar surface area (TPSA) is 51.2 Å². The molecule has 2 aromatic rings. The molecule has 1 aromatic carbocycles. The monoisotopic (exact) mass is 262 g/mol. The van der Waals surface area contributed by atoms with Crippen molar-refractivity contribution in [2.45, 2.75) is 0 Å². The molecule has 0 saturated carbocycles. The summed E-state index contributed by atoms with van der Waals surface area (Å²) in [4.78, 5) is 15.7. The maximum absolute atomic E-state index is 11.9. The third-order valence-corrected chi connectivity index (χ3v) is 2.68. The van der Waals surface area contributed by atoms with Crippen molar-refractivity contribution >= 4 is 23.2 Å². The second kappa shape index (κ2) is 5.51. The second-order valence-corrected chi connectivity index (χ2v) is 3.94. The Morgan fingerprint density at radius 1 is 1.28 bits per heavy atom. The van der Waals surface area contributed by atoms with E-state index in [1.807, 2.05) is 0 Å². The number of hydrogen-bond donors (Lipinski definition) is 1. The average Bonchev–Trinajstić information content (AvgIpc) is 2.42. The van der Waals surface area contributed by atoms with Crippen molar-refractivity contribution in [3.63, 3.8) is 0 Å². The molecule has 0 aliphatic heterocycles. The van der Waals surface area contributed by atoms with Crippen LogP contribution in [0.1, 0.15) is 10.4 Å². The molecule has 4 nitrogen and oxygen atoms in total. The molecule has 1 aromatic heterocycles. The quantitative estimate of drug-likeness (QED) is 0.925. The molecular weight excluding hydrogens is 252 g/mol. The molecule has 0 aliphatic carbocycles. The van der Waals surface area contributed by atoms with E-state index in [-0.39, 0.29) is 5.91 Å². The predicted octanol–water partition coefficient (Wildman–Crippen LogP) is 3.00. The maximum atomic E-state index is 11.9. The van der Waals surface area contributed by atoms with Crippen LogP contribution < -0.4 is 10.1 Å². The largest absolute Gasteiger partial charge is 0.497 e. The highest BCUT2D eigenvalue weighted by molar-refractivity contribution is 6.34. The number of aromatic nitrogens is 1. The Morgan fingerprint density at radius 2 is 2.00 bits per heavy atom. The van der Waals surface area contributed by atoms with Crippen molar-refractivity contribution in [1.82, 2.24) is 4.98 Å². The lowest BCUT2D eigenvalue weighted by molar-refractivity contribution is 0.102. The summed E-state index contributed by atoms with van der Waals surface area (Å²) >= 11 is 6.03. The predicted molar refractivity (Wildman–Crippen MR) is 70.2 cm³/mol. The number of ether oxygens (including phenoxy) is 1. The van der Waals surface area contributed by atoms with Gasteiger partial charge in [0.1, 0.15) is 5.75 Å². The van der Waals surface area contributed by atoms with Crippen LogP contribution >= 0.6 is 11.6 Å². The summed E-state index contributed by atoms with van der Waals surface area (Å²) in [5.74, 6) is 0.409. The van der Waals surface area contributed by atoms with E-state index >= 15 is 0 Å². The van der Waals surface area contributed by atoms with Crippen LogP contribution in [0.15, 0.2) is 42.7 Å².